The van der Waals surface area contributed by atoms with E-state index >= 15 is 0 Å². The van der Waals surface area contributed by atoms with E-state index in [0.717, 1.165) is 13.1 Å². The lowest BCUT2D eigenvalue weighted by Crippen LogP contribution is -2.40. The SMILES string of the molecule is CC(N)C(c1cnn(C)c1)N1CCSC(C)(C)CC1. The summed E-state index contributed by atoms with van der Waals surface area (Å²) in [5.41, 5.74) is 7.48. The second-order valence-corrected chi connectivity index (χ2v) is 7.95. The molecule has 1 aromatic rings. The second kappa shape index (κ2) is 5.85. The molecule has 0 amide bonds. The van der Waals surface area contributed by atoms with Gasteiger partial charge in [0.2, 0.25) is 0 Å². The molecule has 0 bridgehead atoms. The fourth-order valence-electron chi connectivity index (χ4n) is 2.75. The predicted octanol–water partition coefficient (Wildman–Crippen LogP) is 2.03. The van der Waals surface area contributed by atoms with Crippen LogP contribution in [-0.4, -0.2) is 44.3 Å². The van der Waals surface area contributed by atoms with Crippen LogP contribution in [0.15, 0.2) is 12.4 Å². The summed E-state index contributed by atoms with van der Waals surface area (Å²) < 4.78 is 2.24. The standard InChI is InChI=1S/C14H26N4S/c1-11(15)13(12-9-16-17(4)10-12)18-6-5-14(2,3)19-8-7-18/h9-11,13H,5-8,15H2,1-4H3. The topological polar surface area (TPSA) is 47.1 Å². The zero-order chi connectivity index (χ0) is 14.0. The van der Waals surface area contributed by atoms with Gasteiger partial charge in [-0.05, 0) is 13.3 Å². The van der Waals surface area contributed by atoms with Gasteiger partial charge in [0.25, 0.3) is 0 Å². The molecule has 0 spiro atoms. The van der Waals surface area contributed by atoms with Crippen molar-refractivity contribution >= 4 is 11.8 Å². The fraction of sp³-hybridized carbons (Fsp3) is 0.786. The first-order valence-corrected chi connectivity index (χ1v) is 8.00. The van der Waals surface area contributed by atoms with Crippen molar-refractivity contribution in [1.82, 2.24) is 14.7 Å². The summed E-state index contributed by atoms with van der Waals surface area (Å²) >= 11 is 2.07. The van der Waals surface area contributed by atoms with Crippen LogP contribution in [0.2, 0.25) is 0 Å². The van der Waals surface area contributed by atoms with Gasteiger partial charge in [0.1, 0.15) is 0 Å². The van der Waals surface area contributed by atoms with E-state index in [1.807, 2.05) is 17.9 Å². The first kappa shape index (κ1) is 14.9. The van der Waals surface area contributed by atoms with Gasteiger partial charge < -0.3 is 5.73 Å². The van der Waals surface area contributed by atoms with Crippen molar-refractivity contribution in [3.05, 3.63) is 18.0 Å². The molecule has 19 heavy (non-hydrogen) atoms. The molecule has 0 aromatic carbocycles. The number of hydrogen-bond acceptors (Lipinski definition) is 4. The summed E-state index contributed by atoms with van der Waals surface area (Å²) in [6.45, 7) is 9.00. The van der Waals surface area contributed by atoms with E-state index in [4.69, 9.17) is 5.73 Å². The van der Waals surface area contributed by atoms with Crippen molar-refractivity contribution in [1.29, 1.82) is 0 Å². The Hall–Kier alpha value is -0.520. The number of hydrogen-bond donors (Lipinski definition) is 1. The average molecular weight is 282 g/mol. The van der Waals surface area contributed by atoms with E-state index in [1.54, 1.807) is 0 Å². The van der Waals surface area contributed by atoms with Crippen LogP contribution in [0.5, 0.6) is 0 Å². The number of aromatic nitrogens is 2. The Morgan fingerprint density at radius 3 is 2.74 bits per heavy atom. The molecule has 1 aliphatic heterocycles. The van der Waals surface area contributed by atoms with Crippen LogP contribution in [0.3, 0.4) is 0 Å². The minimum atomic E-state index is 0.121. The lowest BCUT2D eigenvalue weighted by molar-refractivity contribution is 0.184. The lowest BCUT2D eigenvalue weighted by Gasteiger charge is -2.33. The van der Waals surface area contributed by atoms with E-state index in [9.17, 15) is 0 Å². The molecule has 1 saturated heterocycles. The molecule has 108 valence electrons. The van der Waals surface area contributed by atoms with Crippen LogP contribution >= 0.6 is 11.8 Å². The maximum atomic E-state index is 6.24. The molecule has 1 fully saturated rings. The van der Waals surface area contributed by atoms with Crippen LogP contribution in [0, 0.1) is 0 Å². The quantitative estimate of drug-likeness (QED) is 0.921. The Balaban J connectivity index is 2.15. The van der Waals surface area contributed by atoms with Gasteiger partial charge in [-0.15, -0.1) is 0 Å². The Bertz CT molecular complexity index is 413. The Morgan fingerprint density at radius 2 is 2.16 bits per heavy atom. The molecule has 0 aliphatic carbocycles. The smallest absolute Gasteiger partial charge is 0.0538 e. The zero-order valence-electron chi connectivity index (χ0n) is 12.5. The van der Waals surface area contributed by atoms with Crippen molar-refractivity contribution in [2.24, 2.45) is 12.8 Å². The fourth-order valence-corrected chi connectivity index (χ4v) is 3.87. The molecule has 0 saturated carbocycles. The van der Waals surface area contributed by atoms with Crippen LogP contribution in [0.4, 0.5) is 0 Å². The molecule has 0 radical (unpaired) electrons. The zero-order valence-corrected chi connectivity index (χ0v) is 13.3. The summed E-state index contributed by atoms with van der Waals surface area (Å²) in [5.74, 6) is 1.18. The van der Waals surface area contributed by atoms with Crippen LogP contribution in [0.1, 0.15) is 38.8 Å². The monoisotopic (exact) mass is 282 g/mol. The van der Waals surface area contributed by atoms with E-state index in [1.165, 1.54) is 17.7 Å². The normalized spacial score (nSPS) is 23.8. The Kier molecular flexibility index (Phi) is 4.58. The van der Waals surface area contributed by atoms with Crippen LogP contribution < -0.4 is 5.73 Å². The Labute approximate surface area is 120 Å². The highest BCUT2D eigenvalue weighted by molar-refractivity contribution is 8.00. The molecule has 1 aliphatic rings. The molecule has 2 atom stereocenters. The molecular weight excluding hydrogens is 256 g/mol. The van der Waals surface area contributed by atoms with Crippen molar-refractivity contribution in [3.8, 4) is 0 Å². The maximum Gasteiger partial charge on any atom is 0.0538 e. The van der Waals surface area contributed by atoms with Gasteiger partial charge in [0.15, 0.2) is 0 Å². The molecule has 2 unspecified atom stereocenters. The minimum absolute atomic E-state index is 0.121. The molecule has 5 heteroatoms. The van der Waals surface area contributed by atoms with Gasteiger partial charge in [0.05, 0.1) is 12.2 Å². The van der Waals surface area contributed by atoms with Crippen molar-refractivity contribution in [2.45, 2.75) is 44.0 Å². The first-order valence-electron chi connectivity index (χ1n) is 7.01. The van der Waals surface area contributed by atoms with Crippen molar-refractivity contribution < 1.29 is 0 Å². The maximum absolute atomic E-state index is 6.24. The third kappa shape index (κ3) is 3.74. The van der Waals surface area contributed by atoms with Gasteiger partial charge in [-0.3, -0.25) is 9.58 Å². The number of thioether (sulfide) groups is 1. The van der Waals surface area contributed by atoms with Gasteiger partial charge in [-0.1, -0.05) is 13.8 Å². The second-order valence-electron chi connectivity index (χ2n) is 6.15. The molecule has 2 heterocycles. The van der Waals surface area contributed by atoms with Crippen LogP contribution in [-0.2, 0) is 7.05 Å². The summed E-state index contributed by atoms with van der Waals surface area (Å²) in [7, 11) is 1.96. The number of rotatable bonds is 3. The first-order chi connectivity index (χ1) is 8.89. The molecule has 4 nitrogen and oxygen atoms in total. The highest BCUT2D eigenvalue weighted by atomic mass is 32.2. The molecule has 2 N–H and O–H groups in total. The number of nitrogens with zero attached hydrogens (tertiary/aromatic N) is 3. The average Bonchev–Trinajstić information content (AvgIpc) is 2.63. The minimum Gasteiger partial charge on any atom is -0.326 e. The highest BCUT2D eigenvalue weighted by Crippen LogP contribution is 2.34. The lowest BCUT2D eigenvalue weighted by atomic mass is 10.0. The van der Waals surface area contributed by atoms with Crippen molar-refractivity contribution in [3.63, 3.8) is 0 Å². The number of aryl methyl sites for hydroxylation is 1. The largest absolute Gasteiger partial charge is 0.326 e. The van der Waals surface area contributed by atoms with Gasteiger partial charge >= 0.3 is 0 Å². The summed E-state index contributed by atoms with van der Waals surface area (Å²) in [4.78, 5) is 2.53. The van der Waals surface area contributed by atoms with E-state index in [-0.39, 0.29) is 12.1 Å². The van der Waals surface area contributed by atoms with Gasteiger partial charge in [-0.25, -0.2) is 0 Å². The summed E-state index contributed by atoms with van der Waals surface area (Å²) in [6, 6.07) is 0.401. The van der Waals surface area contributed by atoms with Gasteiger partial charge in [-0.2, -0.15) is 16.9 Å². The molecular formula is C14H26N4S. The molecule has 2 rings (SSSR count). The van der Waals surface area contributed by atoms with Crippen molar-refractivity contribution in [2.75, 3.05) is 18.8 Å². The van der Waals surface area contributed by atoms with E-state index in [2.05, 4.69) is 48.7 Å². The third-order valence-electron chi connectivity index (χ3n) is 3.83. The predicted molar refractivity (Wildman–Crippen MR) is 82.3 cm³/mol. The molecule has 1 aromatic heterocycles. The number of nitrogens with two attached hydrogens (primary N) is 1. The summed E-state index contributed by atoms with van der Waals surface area (Å²) in [5, 5.41) is 4.30. The van der Waals surface area contributed by atoms with E-state index in [0.29, 0.717) is 4.75 Å². The third-order valence-corrected chi connectivity index (χ3v) is 5.20. The van der Waals surface area contributed by atoms with E-state index < -0.39 is 0 Å². The highest BCUT2D eigenvalue weighted by Gasteiger charge is 2.30. The van der Waals surface area contributed by atoms with Crippen LogP contribution in [0.25, 0.3) is 0 Å². The van der Waals surface area contributed by atoms with Gasteiger partial charge in [0, 0.05) is 48.4 Å². The summed E-state index contributed by atoms with van der Waals surface area (Å²) in [6.07, 6.45) is 5.26. The Morgan fingerprint density at radius 1 is 1.42 bits per heavy atom.